The van der Waals surface area contributed by atoms with Crippen LogP contribution in [0.3, 0.4) is 0 Å². The summed E-state index contributed by atoms with van der Waals surface area (Å²) in [6.45, 7) is 5.42. The van der Waals surface area contributed by atoms with Gasteiger partial charge in [-0.3, -0.25) is 14.5 Å². The van der Waals surface area contributed by atoms with Crippen molar-refractivity contribution in [1.82, 2.24) is 9.88 Å². The molecule has 1 aliphatic heterocycles. The standard InChI is InChI=1S/C18H20N2O5/c1-2-25-18(23)15-9-19-16-13(11-21)7-12(8-14(16)17(15)22)10-20-3-5-24-6-4-20/h7-9,11H,2-6,10H2,1H3,(H,19,22). The number of pyridine rings is 1. The summed E-state index contributed by atoms with van der Waals surface area (Å²) in [6.07, 6.45) is 2.02. The number of H-pyrrole nitrogens is 1. The number of carbonyl (C=O) groups is 2. The van der Waals surface area contributed by atoms with Crippen LogP contribution in [0.5, 0.6) is 0 Å². The van der Waals surface area contributed by atoms with Gasteiger partial charge < -0.3 is 14.5 Å². The normalized spacial score (nSPS) is 15.2. The fraction of sp³-hybridized carbons (Fsp3) is 0.389. The van der Waals surface area contributed by atoms with Crippen molar-refractivity contribution in [2.24, 2.45) is 0 Å². The first-order chi connectivity index (χ1) is 12.1. The van der Waals surface area contributed by atoms with E-state index in [1.807, 2.05) is 0 Å². The van der Waals surface area contributed by atoms with E-state index in [1.165, 1.54) is 6.20 Å². The molecule has 1 fully saturated rings. The van der Waals surface area contributed by atoms with E-state index in [0.29, 0.717) is 42.5 Å². The van der Waals surface area contributed by atoms with Crippen LogP contribution >= 0.6 is 0 Å². The molecule has 7 heteroatoms. The molecule has 0 radical (unpaired) electrons. The summed E-state index contributed by atoms with van der Waals surface area (Å²) < 4.78 is 10.2. The number of ether oxygens (including phenoxy) is 2. The monoisotopic (exact) mass is 344 g/mol. The van der Waals surface area contributed by atoms with Gasteiger partial charge in [0.2, 0.25) is 5.43 Å². The minimum Gasteiger partial charge on any atom is -0.462 e. The number of nitrogens with one attached hydrogen (secondary N) is 1. The van der Waals surface area contributed by atoms with Crippen LogP contribution in [0.4, 0.5) is 0 Å². The fourth-order valence-electron chi connectivity index (χ4n) is 2.98. The van der Waals surface area contributed by atoms with Crippen LogP contribution in [-0.4, -0.2) is 55.0 Å². The van der Waals surface area contributed by atoms with Gasteiger partial charge >= 0.3 is 5.97 Å². The first-order valence-electron chi connectivity index (χ1n) is 8.24. The molecule has 25 heavy (non-hydrogen) atoms. The predicted octanol–water partition coefficient (Wildman–Crippen LogP) is 1.35. The van der Waals surface area contributed by atoms with Gasteiger partial charge in [-0.1, -0.05) is 0 Å². The maximum Gasteiger partial charge on any atom is 0.343 e. The first-order valence-corrected chi connectivity index (χ1v) is 8.24. The van der Waals surface area contributed by atoms with Crippen LogP contribution < -0.4 is 5.43 Å². The van der Waals surface area contributed by atoms with Crippen molar-refractivity contribution >= 4 is 23.2 Å². The van der Waals surface area contributed by atoms with Gasteiger partial charge in [0.1, 0.15) is 5.56 Å². The van der Waals surface area contributed by atoms with Gasteiger partial charge in [-0.15, -0.1) is 0 Å². The lowest BCUT2D eigenvalue weighted by Crippen LogP contribution is -2.35. The van der Waals surface area contributed by atoms with Crippen LogP contribution in [0.25, 0.3) is 10.9 Å². The molecule has 0 aliphatic carbocycles. The Hall–Kier alpha value is -2.51. The Morgan fingerprint density at radius 2 is 2.12 bits per heavy atom. The number of rotatable bonds is 5. The summed E-state index contributed by atoms with van der Waals surface area (Å²) in [4.78, 5) is 41.2. The number of fused-ring (bicyclic) bond motifs is 1. The molecule has 0 spiro atoms. The lowest BCUT2D eigenvalue weighted by Gasteiger charge is -2.26. The zero-order valence-electron chi connectivity index (χ0n) is 14.0. The fourth-order valence-corrected chi connectivity index (χ4v) is 2.98. The smallest absolute Gasteiger partial charge is 0.343 e. The third-order valence-electron chi connectivity index (χ3n) is 4.21. The quantitative estimate of drug-likeness (QED) is 0.651. The molecule has 2 aromatic rings. The lowest BCUT2D eigenvalue weighted by atomic mass is 10.0. The third kappa shape index (κ3) is 3.62. The number of esters is 1. The molecule has 1 aromatic carbocycles. The number of aromatic nitrogens is 1. The molecule has 7 nitrogen and oxygen atoms in total. The molecule has 0 saturated carbocycles. The lowest BCUT2D eigenvalue weighted by molar-refractivity contribution is 0.0342. The minimum atomic E-state index is -0.670. The molecule has 3 rings (SSSR count). The molecule has 1 saturated heterocycles. The molecule has 1 N–H and O–H groups in total. The first kappa shape index (κ1) is 17.3. The topological polar surface area (TPSA) is 88.7 Å². The largest absolute Gasteiger partial charge is 0.462 e. The molecule has 0 unspecified atom stereocenters. The maximum absolute atomic E-state index is 12.7. The predicted molar refractivity (Wildman–Crippen MR) is 92.0 cm³/mol. The average molecular weight is 344 g/mol. The minimum absolute atomic E-state index is 0.0604. The van der Waals surface area contributed by atoms with Crippen molar-refractivity contribution in [3.63, 3.8) is 0 Å². The van der Waals surface area contributed by atoms with E-state index < -0.39 is 11.4 Å². The second kappa shape index (κ2) is 7.58. The molecule has 0 atom stereocenters. The molecule has 2 heterocycles. The van der Waals surface area contributed by atoms with Gasteiger partial charge in [0.25, 0.3) is 0 Å². The van der Waals surface area contributed by atoms with E-state index in [0.717, 1.165) is 18.7 Å². The van der Waals surface area contributed by atoms with E-state index in [9.17, 15) is 14.4 Å². The van der Waals surface area contributed by atoms with E-state index >= 15 is 0 Å². The summed E-state index contributed by atoms with van der Waals surface area (Å²) in [6, 6.07) is 3.50. The highest BCUT2D eigenvalue weighted by atomic mass is 16.5. The van der Waals surface area contributed by atoms with E-state index in [-0.39, 0.29) is 12.2 Å². The Bertz CT molecular complexity index is 852. The second-order valence-corrected chi connectivity index (χ2v) is 5.87. The van der Waals surface area contributed by atoms with Crippen LogP contribution in [0, 0.1) is 0 Å². The van der Waals surface area contributed by atoms with Gasteiger partial charge in [-0.05, 0) is 24.6 Å². The van der Waals surface area contributed by atoms with E-state index in [2.05, 4.69) is 9.88 Å². The number of benzene rings is 1. The highest BCUT2D eigenvalue weighted by Gasteiger charge is 2.17. The van der Waals surface area contributed by atoms with E-state index in [1.54, 1.807) is 19.1 Å². The van der Waals surface area contributed by atoms with Gasteiger partial charge in [0.15, 0.2) is 6.29 Å². The van der Waals surface area contributed by atoms with Crippen molar-refractivity contribution in [3.05, 3.63) is 45.2 Å². The van der Waals surface area contributed by atoms with Crippen molar-refractivity contribution in [2.45, 2.75) is 13.5 Å². The SMILES string of the molecule is CCOC(=O)c1c[nH]c2c(C=O)cc(CN3CCOCC3)cc2c1=O. The molecule has 1 aliphatic rings. The molecular weight excluding hydrogens is 324 g/mol. The molecule has 0 amide bonds. The van der Waals surface area contributed by atoms with Crippen molar-refractivity contribution in [3.8, 4) is 0 Å². The Labute approximate surface area is 144 Å². The summed E-state index contributed by atoms with van der Waals surface area (Å²) >= 11 is 0. The number of morpholine rings is 1. The van der Waals surface area contributed by atoms with Crippen LogP contribution in [0.2, 0.25) is 0 Å². The summed E-state index contributed by atoms with van der Waals surface area (Å²) in [7, 11) is 0. The number of hydrogen-bond donors (Lipinski definition) is 1. The van der Waals surface area contributed by atoms with Crippen molar-refractivity contribution in [1.29, 1.82) is 0 Å². The summed E-state index contributed by atoms with van der Waals surface area (Å²) in [5.41, 5.74) is 1.18. The van der Waals surface area contributed by atoms with Crippen molar-refractivity contribution in [2.75, 3.05) is 32.9 Å². The Balaban J connectivity index is 2.04. The number of aldehydes is 1. The molecule has 0 bridgehead atoms. The van der Waals surface area contributed by atoms with E-state index in [4.69, 9.17) is 9.47 Å². The number of aromatic amines is 1. The van der Waals surface area contributed by atoms with Gasteiger partial charge in [-0.25, -0.2) is 4.79 Å². The number of carbonyl (C=O) groups excluding carboxylic acids is 2. The van der Waals surface area contributed by atoms with Gasteiger partial charge in [-0.2, -0.15) is 0 Å². The summed E-state index contributed by atoms with van der Waals surface area (Å²) in [5.74, 6) is -0.670. The maximum atomic E-state index is 12.7. The van der Waals surface area contributed by atoms with Gasteiger partial charge in [0, 0.05) is 36.8 Å². The number of hydrogen-bond acceptors (Lipinski definition) is 6. The third-order valence-corrected chi connectivity index (χ3v) is 4.21. The second-order valence-electron chi connectivity index (χ2n) is 5.87. The van der Waals surface area contributed by atoms with Crippen LogP contribution in [0.15, 0.2) is 23.1 Å². The molecular formula is C18H20N2O5. The van der Waals surface area contributed by atoms with Crippen LogP contribution in [-0.2, 0) is 16.0 Å². The Morgan fingerprint density at radius 3 is 2.80 bits per heavy atom. The zero-order valence-corrected chi connectivity index (χ0v) is 14.0. The summed E-state index contributed by atoms with van der Waals surface area (Å²) in [5, 5.41) is 0.318. The Kier molecular flexibility index (Phi) is 5.25. The van der Waals surface area contributed by atoms with Crippen molar-refractivity contribution < 1.29 is 19.1 Å². The highest BCUT2D eigenvalue weighted by molar-refractivity contribution is 5.99. The Morgan fingerprint density at radius 1 is 1.36 bits per heavy atom. The molecule has 1 aromatic heterocycles. The zero-order chi connectivity index (χ0) is 17.8. The van der Waals surface area contributed by atoms with Crippen LogP contribution in [0.1, 0.15) is 33.2 Å². The highest BCUT2D eigenvalue weighted by Crippen LogP contribution is 2.18. The average Bonchev–Trinajstić information content (AvgIpc) is 2.63. The number of nitrogens with zero attached hydrogens (tertiary/aromatic N) is 1. The molecule has 132 valence electrons. The van der Waals surface area contributed by atoms with Gasteiger partial charge in [0.05, 0.1) is 25.3 Å².